The van der Waals surface area contributed by atoms with E-state index < -0.39 is 23.8 Å². The van der Waals surface area contributed by atoms with Crippen LogP contribution in [0.5, 0.6) is 0 Å². The summed E-state index contributed by atoms with van der Waals surface area (Å²) in [4.78, 5) is 24.4. The SMILES string of the molecule is CNc1ccc([C@@H]2C[C@@H]3OCC[C@@H]3[C@H](C(=O)O)[C@H]2C(=O)OC)cc1. The van der Waals surface area contributed by atoms with Gasteiger partial charge in [0.2, 0.25) is 0 Å². The highest BCUT2D eigenvalue weighted by atomic mass is 16.5. The first-order valence-corrected chi connectivity index (χ1v) is 8.26. The quantitative estimate of drug-likeness (QED) is 0.821. The van der Waals surface area contributed by atoms with Crippen molar-refractivity contribution in [3.05, 3.63) is 29.8 Å². The van der Waals surface area contributed by atoms with Crippen LogP contribution in [0.2, 0.25) is 0 Å². The Hall–Kier alpha value is -2.08. The summed E-state index contributed by atoms with van der Waals surface area (Å²) < 4.78 is 10.7. The summed E-state index contributed by atoms with van der Waals surface area (Å²) in [5.41, 5.74) is 1.92. The van der Waals surface area contributed by atoms with Crippen LogP contribution in [0.25, 0.3) is 0 Å². The molecule has 0 unspecified atom stereocenters. The number of aliphatic carboxylic acids is 1. The summed E-state index contributed by atoms with van der Waals surface area (Å²) >= 11 is 0. The van der Waals surface area contributed by atoms with Gasteiger partial charge in [-0.15, -0.1) is 0 Å². The molecule has 5 atom stereocenters. The second-order valence-electron chi connectivity index (χ2n) is 6.49. The molecule has 1 saturated heterocycles. The van der Waals surface area contributed by atoms with E-state index in [2.05, 4.69) is 5.32 Å². The highest BCUT2D eigenvalue weighted by Gasteiger charge is 2.54. The number of hydrogen-bond donors (Lipinski definition) is 2. The first-order chi connectivity index (χ1) is 11.6. The van der Waals surface area contributed by atoms with Crippen LogP contribution in [-0.4, -0.2) is 43.9 Å². The molecule has 1 heterocycles. The molecule has 24 heavy (non-hydrogen) atoms. The Bertz CT molecular complexity index is 614. The number of ether oxygens (including phenoxy) is 2. The maximum atomic E-state index is 12.4. The van der Waals surface area contributed by atoms with Gasteiger partial charge in [0.05, 0.1) is 25.0 Å². The van der Waals surface area contributed by atoms with Crippen LogP contribution in [-0.2, 0) is 19.1 Å². The van der Waals surface area contributed by atoms with Gasteiger partial charge in [0.25, 0.3) is 0 Å². The standard InChI is InChI=1S/C18H23NO5/c1-19-11-5-3-10(4-6-11)13-9-14-12(7-8-24-14)15(17(20)21)16(13)18(22)23-2/h3-6,12-16,19H,7-9H2,1-2H3,(H,20,21)/t12-,13-,14-,15-,16-/m0/s1. The van der Waals surface area contributed by atoms with Gasteiger partial charge in [-0.2, -0.15) is 0 Å². The molecule has 0 bridgehead atoms. The van der Waals surface area contributed by atoms with E-state index in [1.807, 2.05) is 31.3 Å². The molecular formula is C18H23NO5. The van der Waals surface area contributed by atoms with E-state index in [9.17, 15) is 14.7 Å². The molecule has 3 rings (SSSR count). The Labute approximate surface area is 141 Å². The Morgan fingerprint density at radius 1 is 1.25 bits per heavy atom. The molecule has 0 amide bonds. The molecule has 0 radical (unpaired) electrons. The van der Waals surface area contributed by atoms with Gasteiger partial charge in [0.15, 0.2) is 0 Å². The van der Waals surface area contributed by atoms with Gasteiger partial charge >= 0.3 is 11.9 Å². The number of nitrogens with one attached hydrogen (secondary N) is 1. The van der Waals surface area contributed by atoms with Gasteiger partial charge in [-0.05, 0) is 30.5 Å². The number of anilines is 1. The largest absolute Gasteiger partial charge is 0.481 e. The van der Waals surface area contributed by atoms with Crippen LogP contribution in [0.15, 0.2) is 24.3 Å². The van der Waals surface area contributed by atoms with Crippen LogP contribution in [0, 0.1) is 17.8 Å². The fraction of sp³-hybridized carbons (Fsp3) is 0.556. The second kappa shape index (κ2) is 6.81. The summed E-state index contributed by atoms with van der Waals surface area (Å²) in [6.45, 7) is 0.554. The molecule has 1 saturated carbocycles. The fourth-order valence-corrected chi connectivity index (χ4v) is 4.26. The molecular weight excluding hydrogens is 310 g/mol. The lowest BCUT2D eigenvalue weighted by Gasteiger charge is -2.41. The number of carbonyl (C=O) groups is 2. The highest BCUT2D eigenvalue weighted by molar-refractivity contribution is 5.82. The predicted octanol–water partition coefficient (Wildman–Crippen LogP) is 2.11. The van der Waals surface area contributed by atoms with Crippen molar-refractivity contribution in [3.8, 4) is 0 Å². The topological polar surface area (TPSA) is 84.9 Å². The van der Waals surface area contributed by atoms with Crippen molar-refractivity contribution in [2.75, 3.05) is 26.1 Å². The number of methoxy groups -OCH3 is 1. The van der Waals surface area contributed by atoms with Crippen molar-refractivity contribution in [1.82, 2.24) is 0 Å². The summed E-state index contributed by atoms with van der Waals surface area (Å²) in [5.74, 6) is -3.19. The maximum Gasteiger partial charge on any atom is 0.310 e. The smallest absolute Gasteiger partial charge is 0.310 e. The molecule has 1 aliphatic carbocycles. The van der Waals surface area contributed by atoms with Crippen molar-refractivity contribution < 1.29 is 24.2 Å². The molecule has 2 N–H and O–H groups in total. The zero-order valence-electron chi connectivity index (χ0n) is 13.9. The van der Waals surface area contributed by atoms with Crippen molar-refractivity contribution in [3.63, 3.8) is 0 Å². The fourth-order valence-electron chi connectivity index (χ4n) is 4.26. The zero-order valence-corrected chi connectivity index (χ0v) is 13.9. The Kier molecular flexibility index (Phi) is 4.76. The number of carbonyl (C=O) groups excluding carboxylic acids is 1. The molecule has 2 fully saturated rings. The molecule has 2 aliphatic rings. The third kappa shape index (κ3) is 2.86. The van der Waals surface area contributed by atoms with Gasteiger partial charge in [-0.25, -0.2) is 0 Å². The Balaban J connectivity index is 2.00. The number of rotatable bonds is 4. The van der Waals surface area contributed by atoms with Crippen molar-refractivity contribution >= 4 is 17.6 Å². The normalized spacial score (nSPS) is 32.0. The first kappa shape index (κ1) is 16.8. The maximum absolute atomic E-state index is 12.4. The van der Waals surface area contributed by atoms with Crippen LogP contribution in [0.4, 0.5) is 5.69 Å². The van der Waals surface area contributed by atoms with E-state index in [1.165, 1.54) is 7.11 Å². The molecule has 0 aromatic heterocycles. The third-order valence-corrected chi connectivity index (χ3v) is 5.41. The number of benzene rings is 1. The minimum absolute atomic E-state index is 0.110. The lowest BCUT2D eigenvalue weighted by molar-refractivity contribution is -0.164. The predicted molar refractivity (Wildman–Crippen MR) is 87.8 cm³/mol. The first-order valence-electron chi connectivity index (χ1n) is 8.26. The summed E-state index contributed by atoms with van der Waals surface area (Å²) in [5, 5.41) is 12.8. The monoisotopic (exact) mass is 333 g/mol. The Morgan fingerprint density at radius 2 is 1.96 bits per heavy atom. The van der Waals surface area contributed by atoms with E-state index in [1.54, 1.807) is 0 Å². The molecule has 1 aliphatic heterocycles. The van der Waals surface area contributed by atoms with Crippen LogP contribution in [0.1, 0.15) is 24.3 Å². The van der Waals surface area contributed by atoms with E-state index >= 15 is 0 Å². The zero-order chi connectivity index (χ0) is 17.3. The molecule has 6 nitrogen and oxygen atoms in total. The van der Waals surface area contributed by atoms with Gasteiger partial charge in [-0.1, -0.05) is 12.1 Å². The number of carboxylic acid groups (broad SMARTS) is 1. The van der Waals surface area contributed by atoms with E-state index in [0.29, 0.717) is 19.4 Å². The average Bonchev–Trinajstić information content (AvgIpc) is 3.07. The molecule has 130 valence electrons. The van der Waals surface area contributed by atoms with Crippen LogP contribution < -0.4 is 5.32 Å². The minimum Gasteiger partial charge on any atom is -0.481 e. The van der Waals surface area contributed by atoms with Crippen LogP contribution >= 0.6 is 0 Å². The molecule has 6 heteroatoms. The highest BCUT2D eigenvalue weighted by Crippen LogP contribution is 2.49. The van der Waals surface area contributed by atoms with E-state index in [-0.39, 0.29) is 17.9 Å². The number of hydrogen-bond acceptors (Lipinski definition) is 5. The van der Waals surface area contributed by atoms with E-state index in [4.69, 9.17) is 9.47 Å². The minimum atomic E-state index is -0.942. The lowest BCUT2D eigenvalue weighted by atomic mass is 9.63. The third-order valence-electron chi connectivity index (χ3n) is 5.41. The van der Waals surface area contributed by atoms with Gasteiger partial charge in [0.1, 0.15) is 0 Å². The Morgan fingerprint density at radius 3 is 2.54 bits per heavy atom. The van der Waals surface area contributed by atoms with E-state index in [0.717, 1.165) is 11.3 Å². The van der Waals surface area contributed by atoms with Gasteiger partial charge in [0, 0.05) is 31.2 Å². The molecule has 0 spiro atoms. The summed E-state index contributed by atoms with van der Waals surface area (Å²) in [6.07, 6.45) is 1.22. The number of esters is 1. The van der Waals surface area contributed by atoms with Crippen molar-refractivity contribution in [2.24, 2.45) is 17.8 Å². The van der Waals surface area contributed by atoms with Crippen molar-refractivity contribution in [2.45, 2.75) is 24.9 Å². The van der Waals surface area contributed by atoms with Gasteiger partial charge in [-0.3, -0.25) is 9.59 Å². The summed E-state index contributed by atoms with van der Waals surface area (Å²) in [7, 11) is 3.16. The average molecular weight is 333 g/mol. The second-order valence-corrected chi connectivity index (χ2v) is 6.49. The molecule has 1 aromatic carbocycles. The van der Waals surface area contributed by atoms with Crippen molar-refractivity contribution in [1.29, 1.82) is 0 Å². The molecule has 1 aromatic rings. The van der Waals surface area contributed by atoms with Gasteiger partial charge < -0.3 is 19.9 Å². The lowest BCUT2D eigenvalue weighted by Crippen LogP contribution is -2.47. The van der Waals surface area contributed by atoms with Crippen LogP contribution in [0.3, 0.4) is 0 Å². The summed E-state index contributed by atoms with van der Waals surface area (Å²) in [6, 6.07) is 7.75. The number of fused-ring (bicyclic) bond motifs is 1. The number of carboxylic acids is 1.